The molecule has 2 unspecified atom stereocenters. The van der Waals surface area contributed by atoms with Gasteiger partial charge in [0.25, 0.3) is 0 Å². The topological polar surface area (TPSA) is 21.1 Å². The van der Waals surface area contributed by atoms with Crippen LogP contribution in [0.25, 0.3) is 0 Å². The summed E-state index contributed by atoms with van der Waals surface area (Å²) in [6.07, 6.45) is 4.88. The number of rotatable bonds is 2. The summed E-state index contributed by atoms with van der Waals surface area (Å²) in [5, 5.41) is 0. The van der Waals surface area contributed by atoms with Gasteiger partial charge >= 0.3 is 0 Å². The Bertz CT molecular complexity index is 435. The van der Waals surface area contributed by atoms with Crippen LogP contribution in [-0.4, -0.2) is 27.5 Å². The summed E-state index contributed by atoms with van der Waals surface area (Å²) in [4.78, 5) is 7.51. The van der Waals surface area contributed by atoms with Gasteiger partial charge in [0.05, 0.1) is 11.4 Å². The fraction of sp³-hybridized carbons (Fsp3) is 0.800. The first-order chi connectivity index (χ1) is 8.69. The van der Waals surface area contributed by atoms with Gasteiger partial charge in [-0.1, -0.05) is 13.8 Å². The third-order valence-corrected chi connectivity index (χ3v) is 4.46. The van der Waals surface area contributed by atoms with Crippen molar-refractivity contribution in [2.45, 2.75) is 59.0 Å². The lowest BCUT2D eigenvalue weighted by Gasteiger charge is -2.31. The van der Waals surface area contributed by atoms with Gasteiger partial charge in [-0.25, -0.2) is 4.98 Å². The predicted octanol–water partition coefficient (Wildman–Crippen LogP) is 2.79. The smallest absolute Gasteiger partial charge is 0.109 e. The van der Waals surface area contributed by atoms with E-state index >= 15 is 0 Å². The van der Waals surface area contributed by atoms with Gasteiger partial charge in [-0.3, -0.25) is 4.90 Å². The molecule has 3 heteroatoms. The Morgan fingerprint density at radius 3 is 2.94 bits per heavy atom. The molecule has 1 aromatic heterocycles. The number of imidazole rings is 1. The lowest BCUT2D eigenvalue weighted by molar-refractivity contribution is 0.238. The molecule has 0 aliphatic carbocycles. The van der Waals surface area contributed by atoms with E-state index in [4.69, 9.17) is 4.98 Å². The highest BCUT2D eigenvalue weighted by Crippen LogP contribution is 2.33. The number of nitrogens with zero attached hydrogens (tertiary/aromatic N) is 3. The van der Waals surface area contributed by atoms with E-state index in [-0.39, 0.29) is 0 Å². The molecular weight excluding hydrogens is 222 g/mol. The zero-order chi connectivity index (χ0) is 12.7. The molecule has 0 saturated carbocycles. The summed E-state index contributed by atoms with van der Waals surface area (Å²) < 4.78 is 2.55. The number of hydrogen-bond donors (Lipinski definition) is 0. The summed E-state index contributed by atoms with van der Waals surface area (Å²) in [5.41, 5.74) is 2.91. The van der Waals surface area contributed by atoms with Crippen LogP contribution in [0.1, 0.15) is 56.9 Å². The van der Waals surface area contributed by atoms with Crippen LogP contribution in [0.5, 0.6) is 0 Å². The Balaban J connectivity index is 1.92. The average Bonchev–Trinajstić information content (AvgIpc) is 2.66. The number of aromatic nitrogens is 2. The molecule has 1 aromatic rings. The van der Waals surface area contributed by atoms with Crippen molar-refractivity contribution >= 4 is 0 Å². The van der Waals surface area contributed by atoms with Crippen molar-refractivity contribution < 1.29 is 0 Å². The third kappa shape index (κ3) is 1.99. The van der Waals surface area contributed by atoms with E-state index in [1.807, 2.05) is 0 Å². The lowest BCUT2D eigenvalue weighted by Crippen LogP contribution is -2.33. The van der Waals surface area contributed by atoms with E-state index in [1.165, 1.54) is 49.6 Å². The molecule has 0 N–H and O–H groups in total. The van der Waals surface area contributed by atoms with Crippen LogP contribution in [0.3, 0.4) is 0 Å². The highest BCUT2D eigenvalue weighted by molar-refractivity contribution is 5.22. The fourth-order valence-electron chi connectivity index (χ4n) is 3.75. The fourth-order valence-corrected chi connectivity index (χ4v) is 3.75. The normalized spacial score (nSPS) is 27.9. The zero-order valence-electron chi connectivity index (χ0n) is 11.9. The van der Waals surface area contributed by atoms with Crippen molar-refractivity contribution in [3.8, 4) is 0 Å². The Morgan fingerprint density at radius 2 is 2.17 bits per heavy atom. The molecule has 3 rings (SSSR count). The maximum absolute atomic E-state index is 4.92. The molecular formula is C15H25N3. The molecule has 100 valence electrons. The standard InChI is InChI=1S/C15H25N3/c1-4-6-17-7-5-13-14(10-17)18-12(3)8-11(2)9-15(18)16-13/h11-12H,4-10H2,1-3H3. The first kappa shape index (κ1) is 12.2. The molecule has 2 aliphatic rings. The van der Waals surface area contributed by atoms with E-state index in [0.29, 0.717) is 6.04 Å². The average molecular weight is 247 g/mol. The molecule has 0 fully saturated rings. The van der Waals surface area contributed by atoms with Gasteiger partial charge in [0, 0.05) is 32.0 Å². The van der Waals surface area contributed by atoms with Gasteiger partial charge in [-0.05, 0) is 32.2 Å². The van der Waals surface area contributed by atoms with E-state index in [1.54, 1.807) is 0 Å². The second-order valence-electron chi connectivity index (χ2n) is 6.21. The summed E-state index contributed by atoms with van der Waals surface area (Å²) >= 11 is 0. The minimum absolute atomic E-state index is 0.640. The van der Waals surface area contributed by atoms with Crippen LogP contribution in [0, 0.1) is 5.92 Å². The highest BCUT2D eigenvalue weighted by Gasteiger charge is 2.29. The summed E-state index contributed by atoms with van der Waals surface area (Å²) in [6.45, 7) is 10.5. The van der Waals surface area contributed by atoms with Crippen LogP contribution < -0.4 is 0 Å². The SMILES string of the molecule is CCCN1CCc2nc3n(c2C1)C(C)CC(C)C3. The first-order valence-corrected chi connectivity index (χ1v) is 7.50. The minimum Gasteiger partial charge on any atom is -0.328 e. The molecule has 2 atom stereocenters. The molecule has 0 saturated heterocycles. The van der Waals surface area contributed by atoms with Crippen LogP contribution in [0.2, 0.25) is 0 Å². The highest BCUT2D eigenvalue weighted by atomic mass is 15.2. The van der Waals surface area contributed by atoms with Crippen molar-refractivity contribution in [2.75, 3.05) is 13.1 Å². The van der Waals surface area contributed by atoms with Gasteiger partial charge in [0.1, 0.15) is 5.82 Å². The lowest BCUT2D eigenvalue weighted by atomic mass is 9.94. The molecule has 0 radical (unpaired) electrons. The van der Waals surface area contributed by atoms with Crippen LogP contribution in [0.4, 0.5) is 0 Å². The molecule has 0 aromatic carbocycles. The second kappa shape index (κ2) is 4.69. The number of hydrogen-bond acceptors (Lipinski definition) is 2. The molecule has 2 aliphatic heterocycles. The van der Waals surface area contributed by atoms with E-state index in [2.05, 4.69) is 30.2 Å². The molecule has 3 heterocycles. The van der Waals surface area contributed by atoms with E-state index < -0.39 is 0 Å². The third-order valence-electron chi connectivity index (χ3n) is 4.46. The Hall–Kier alpha value is -0.830. The van der Waals surface area contributed by atoms with Gasteiger partial charge in [0.15, 0.2) is 0 Å². The second-order valence-corrected chi connectivity index (χ2v) is 6.21. The van der Waals surface area contributed by atoms with E-state index in [0.717, 1.165) is 18.9 Å². The van der Waals surface area contributed by atoms with Crippen LogP contribution in [-0.2, 0) is 19.4 Å². The Kier molecular flexibility index (Phi) is 3.18. The van der Waals surface area contributed by atoms with Crippen LogP contribution in [0.15, 0.2) is 0 Å². The minimum atomic E-state index is 0.640. The first-order valence-electron chi connectivity index (χ1n) is 7.50. The summed E-state index contributed by atoms with van der Waals surface area (Å²) in [5.74, 6) is 2.15. The molecule has 3 nitrogen and oxygen atoms in total. The van der Waals surface area contributed by atoms with Crippen molar-refractivity contribution in [1.82, 2.24) is 14.5 Å². The summed E-state index contributed by atoms with van der Waals surface area (Å²) in [6, 6.07) is 0.640. The molecule has 0 amide bonds. The number of fused-ring (bicyclic) bond motifs is 3. The van der Waals surface area contributed by atoms with Gasteiger partial charge in [-0.15, -0.1) is 0 Å². The molecule has 18 heavy (non-hydrogen) atoms. The summed E-state index contributed by atoms with van der Waals surface area (Å²) in [7, 11) is 0. The van der Waals surface area contributed by atoms with Gasteiger partial charge < -0.3 is 4.57 Å². The Morgan fingerprint density at radius 1 is 1.33 bits per heavy atom. The Labute approximate surface area is 110 Å². The van der Waals surface area contributed by atoms with E-state index in [9.17, 15) is 0 Å². The van der Waals surface area contributed by atoms with Gasteiger partial charge in [0.2, 0.25) is 0 Å². The van der Waals surface area contributed by atoms with Crippen molar-refractivity contribution in [3.63, 3.8) is 0 Å². The zero-order valence-corrected chi connectivity index (χ0v) is 11.9. The maximum atomic E-state index is 4.92. The van der Waals surface area contributed by atoms with Gasteiger partial charge in [-0.2, -0.15) is 0 Å². The van der Waals surface area contributed by atoms with Crippen molar-refractivity contribution in [1.29, 1.82) is 0 Å². The van der Waals surface area contributed by atoms with Crippen molar-refractivity contribution in [2.24, 2.45) is 5.92 Å². The molecule has 0 spiro atoms. The van der Waals surface area contributed by atoms with Crippen molar-refractivity contribution in [3.05, 3.63) is 17.2 Å². The predicted molar refractivity (Wildman–Crippen MR) is 73.7 cm³/mol. The monoisotopic (exact) mass is 247 g/mol. The molecule has 0 bridgehead atoms. The van der Waals surface area contributed by atoms with Crippen LogP contribution >= 0.6 is 0 Å². The largest absolute Gasteiger partial charge is 0.328 e. The quantitative estimate of drug-likeness (QED) is 0.801. The maximum Gasteiger partial charge on any atom is 0.109 e.